The molecule has 0 unspecified atom stereocenters. The number of hydrogen-bond donors (Lipinski definition) is 1. The average molecular weight is 541 g/mol. The number of anilines is 2. The van der Waals surface area contributed by atoms with Crippen LogP contribution in [0.25, 0.3) is 0 Å². The van der Waals surface area contributed by atoms with Crippen molar-refractivity contribution in [3.8, 4) is 5.75 Å². The Labute approximate surface area is 218 Å². The largest absolute Gasteiger partial charge is 0.489 e. The van der Waals surface area contributed by atoms with Crippen molar-refractivity contribution in [2.24, 2.45) is 0 Å². The quantitative estimate of drug-likeness (QED) is 0.215. The lowest BCUT2D eigenvalue weighted by Crippen LogP contribution is -2.37. The van der Waals surface area contributed by atoms with E-state index in [1.807, 2.05) is 60.7 Å². The van der Waals surface area contributed by atoms with Crippen LogP contribution in [0.3, 0.4) is 0 Å². The second-order valence-electron chi connectivity index (χ2n) is 7.73. The Hall–Kier alpha value is -3.41. The third kappa shape index (κ3) is 7.54. The van der Waals surface area contributed by atoms with Crippen molar-refractivity contribution in [1.82, 2.24) is 10.2 Å². The third-order valence-electron chi connectivity index (χ3n) is 4.92. The van der Waals surface area contributed by atoms with Gasteiger partial charge in [0.05, 0.1) is 11.9 Å². The molecule has 36 heavy (non-hydrogen) atoms. The maximum absolute atomic E-state index is 12.6. The Balaban J connectivity index is 1.34. The summed E-state index contributed by atoms with van der Waals surface area (Å²) in [5.74, 6) is 0.812. The van der Waals surface area contributed by atoms with Gasteiger partial charge in [-0.25, -0.2) is 8.42 Å². The predicted octanol–water partition coefficient (Wildman–Crippen LogP) is 4.81. The fraction of sp³-hybridized carbons (Fsp3) is 0.160. The number of thioether (sulfide) groups is 1. The molecule has 1 heterocycles. The number of rotatable bonds is 11. The lowest BCUT2D eigenvalue weighted by Gasteiger charge is -2.21. The molecular weight excluding hydrogens is 517 g/mol. The number of benzene rings is 3. The van der Waals surface area contributed by atoms with E-state index in [1.165, 1.54) is 23.1 Å². The molecule has 0 atom stereocenters. The van der Waals surface area contributed by atoms with Crippen LogP contribution in [0, 0.1) is 0 Å². The first-order valence-corrected chi connectivity index (χ1v) is 14.6. The topological polar surface area (TPSA) is 101 Å². The Bertz CT molecular complexity index is 1380. The smallest absolute Gasteiger partial charge is 0.246 e. The van der Waals surface area contributed by atoms with E-state index in [9.17, 15) is 13.2 Å². The summed E-state index contributed by atoms with van der Waals surface area (Å²) in [5, 5.41) is 11.0. The van der Waals surface area contributed by atoms with Crippen molar-refractivity contribution in [3.05, 3.63) is 96.1 Å². The minimum absolute atomic E-state index is 0.314. The molecule has 1 N–H and O–H groups in total. The van der Waals surface area contributed by atoms with Crippen LogP contribution in [0.15, 0.2) is 89.3 Å². The van der Waals surface area contributed by atoms with Crippen LogP contribution < -0.4 is 14.4 Å². The van der Waals surface area contributed by atoms with E-state index in [0.29, 0.717) is 27.5 Å². The van der Waals surface area contributed by atoms with Gasteiger partial charge in [-0.3, -0.25) is 14.4 Å². The van der Waals surface area contributed by atoms with Crippen LogP contribution in [0.5, 0.6) is 5.75 Å². The maximum Gasteiger partial charge on any atom is 0.246 e. The van der Waals surface area contributed by atoms with Crippen molar-refractivity contribution in [2.45, 2.75) is 16.7 Å². The van der Waals surface area contributed by atoms with Gasteiger partial charge in [0.15, 0.2) is 4.34 Å². The molecule has 1 amide bonds. The second kappa shape index (κ2) is 12.0. The van der Waals surface area contributed by atoms with Crippen LogP contribution in [0.4, 0.5) is 10.8 Å². The van der Waals surface area contributed by atoms with Gasteiger partial charge in [-0.2, -0.15) is 0 Å². The first kappa shape index (κ1) is 25.7. The number of nitrogens with one attached hydrogen (secondary N) is 1. The summed E-state index contributed by atoms with van der Waals surface area (Å²) in [4.78, 5) is 12.6. The number of aromatic nitrogens is 2. The van der Waals surface area contributed by atoms with E-state index in [4.69, 9.17) is 4.74 Å². The first-order valence-electron chi connectivity index (χ1n) is 10.9. The Kier molecular flexibility index (Phi) is 8.57. The Morgan fingerprint density at radius 3 is 2.22 bits per heavy atom. The van der Waals surface area contributed by atoms with Crippen molar-refractivity contribution in [3.63, 3.8) is 0 Å². The van der Waals surface area contributed by atoms with Crippen LogP contribution in [0.1, 0.15) is 11.1 Å². The van der Waals surface area contributed by atoms with Gasteiger partial charge in [0.2, 0.25) is 21.1 Å². The van der Waals surface area contributed by atoms with Crippen molar-refractivity contribution in [2.75, 3.05) is 22.4 Å². The molecule has 4 aromatic rings. The molecule has 0 aliphatic heterocycles. The van der Waals surface area contributed by atoms with Crippen LogP contribution >= 0.6 is 23.1 Å². The van der Waals surface area contributed by atoms with Gasteiger partial charge in [0.25, 0.3) is 0 Å². The van der Waals surface area contributed by atoms with E-state index in [2.05, 4.69) is 15.5 Å². The molecule has 0 radical (unpaired) electrons. The number of carbonyl (C=O) groups excluding carboxylic acids is 1. The number of nitrogens with zero attached hydrogens (tertiary/aromatic N) is 3. The highest BCUT2D eigenvalue weighted by atomic mass is 32.2. The summed E-state index contributed by atoms with van der Waals surface area (Å²) >= 11 is 2.76. The summed E-state index contributed by atoms with van der Waals surface area (Å²) in [6.07, 6.45) is 1.06. The maximum atomic E-state index is 12.6. The lowest BCUT2D eigenvalue weighted by atomic mass is 10.2. The highest BCUT2D eigenvalue weighted by Crippen LogP contribution is 2.28. The average Bonchev–Trinajstić information content (AvgIpc) is 3.33. The molecule has 0 bridgehead atoms. The second-order valence-corrected chi connectivity index (χ2v) is 11.8. The van der Waals surface area contributed by atoms with Gasteiger partial charge in [0, 0.05) is 5.75 Å². The molecule has 11 heteroatoms. The fourth-order valence-corrected chi connectivity index (χ4v) is 5.76. The van der Waals surface area contributed by atoms with E-state index in [1.54, 1.807) is 24.3 Å². The standard InChI is InChI=1S/C25H24N4O4S3/c1-36(31,32)29(21-12-14-22(15-13-21)33-17-19-8-4-2-5-9-19)16-23(30)26-24-27-28-25(35-24)34-18-20-10-6-3-7-11-20/h2-15H,16-18H2,1H3,(H,26,27,30). The fourth-order valence-electron chi connectivity index (χ4n) is 3.18. The molecule has 0 aliphatic carbocycles. The van der Waals surface area contributed by atoms with E-state index >= 15 is 0 Å². The minimum Gasteiger partial charge on any atom is -0.489 e. The predicted molar refractivity (Wildman–Crippen MR) is 144 cm³/mol. The molecule has 0 aliphatic rings. The first-order chi connectivity index (χ1) is 17.4. The molecule has 0 saturated heterocycles. The zero-order valence-electron chi connectivity index (χ0n) is 19.4. The van der Waals surface area contributed by atoms with E-state index < -0.39 is 22.5 Å². The third-order valence-corrected chi connectivity index (χ3v) is 8.10. The van der Waals surface area contributed by atoms with Crippen LogP contribution in [-0.2, 0) is 27.2 Å². The highest BCUT2D eigenvalue weighted by molar-refractivity contribution is 8.00. The molecule has 186 valence electrons. The number of carbonyl (C=O) groups is 1. The summed E-state index contributed by atoms with van der Waals surface area (Å²) in [7, 11) is -3.71. The molecule has 3 aromatic carbocycles. The molecule has 8 nitrogen and oxygen atoms in total. The molecule has 0 fully saturated rings. The Morgan fingerprint density at radius 2 is 1.58 bits per heavy atom. The van der Waals surface area contributed by atoms with Gasteiger partial charge < -0.3 is 4.74 Å². The number of amides is 1. The van der Waals surface area contributed by atoms with Gasteiger partial charge in [-0.15, -0.1) is 10.2 Å². The molecular formula is C25H24N4O4S3. The van der Waals surface area contributed by atoms with E-state index in [0.717, 1.165) is 27.4 Å². The number of hydrogen-bond acceptors (Lipinski definition) is 8. The van der Waals surface area contributed by atoms with Gasteiger partial charge in [-0.1, -0.05) is 83.8 Å². The van der Waals surface area contributed by atoms with Crippen LogP contribution in [0.2, 0.25) is 0 Å². The van der Waals surface area contributed by atoms with Crippen molar-refractivity contribution < 1.29 is 17.9 Å². The zero-order chi connectivity index (χ0) is 25.4. The van der Waals surface area contributed by atoms with Crippen molar-refractivity contribution >= 4 is 49.8 Å². The monoisotopic (exact) mass is 540 g/mol. The highest BCUT2D eigenvalue weighted by Gasteiger charge is 2.22. The number of sulfonamides is 1. The molecule has 4 rings (SSSR count). The zero-order valence-corrected chi connectivity index (χ0v) is 21.9. The normalized spacial score (nSPS) is 11.1. The van der Waals surface area contributed by atoms with Gasteiger partial charge >= 0.3 is 0 Å². The van der Waals surface area contributed by atoms with Gasteiger partial charge in [-0.05, 0) is 35.4 Å². The summed E-state index contributed by atoms with van der Waals surface area (Å²) in [6.45, 7) is 0.000971. The summed E-state index contributed by atoms with van der Waals surface area (Å²) in [6, 6.07) is 26.2. The number of ether oxygens (including phenoxy) is 1. The SMILES string of the molecule is CS(=O)(=O)N(CC(=O)Nc1nnc(SCc2ccccc2)s1)c1ccc(OCc2ccccc2)cc1. The van der Waals surface area contributed by atoms with Gasteiger partial charge in [0.1, 0.15) is 18.9 Å². The molecule has 0 spiro atoms. The summed E-state index contributed by atoms with van der Waals surface area (Å²) < 4.78 is 32.4. The van der Waals surface area contributed by atoms with Crippen molar-refractivity contribution in [1.29, 1.82) is 0 Å². The lowest BCUT2D eigenvalue weighted by molar-refractivity contribution is -0.114. The molecule has 1 aromatic heterocycles. The molecule has 0 saturated carbocycles. The Morgan fingerprint density at radius 1 is 0.944 bits per heavy atom. The minimum atomic E-state index is -3.71. The van der Waals surface area contributed by atoms with Crippen LogP contribution in [-0.4, -0.2) is 37.3 Å². The van der Waals surface area contributed by atoms with E-state index in [-0.39, 0.29) is 0 Å². The summed E-state index contributed by atoms with van der Waals surface area (Å²) in [5.41, 5.74) is 2.54.